The van der Waals surface area contributed by atoms with Crippen LogP contribution < -0.4 is 15.4 Å². The minimum absolute atomic E-state index is 0.308. The average molecular weight is 494 g/mol. The number of anilines is 1. The normalized spacial score (nSPS) is 12.5. The van der Waals surface area contributed by atoms with E-state index in [2.05, 4.69) is 16.6 Å². The zero-order valence-electron chi connectivity index (χ0n) is 21.8. The summed E-state index contributed by atoms with van der Waals surface area (Å²) < 4.78 is 10.4. The van der Waals surface area contributed by atoms with E-state index >= 15 is 0 Å². The quantitative estimate of drug-likeness (QED) is 0.501. The van der Waals surface area contributed by atoms with Gasteiger partial charge in [-0.05, 0) is 76.1 Å². The number of terminal acetylenes is 1. The first kappa shape index (κ1) is 28.2. The van der Waals surface area contributed by atoms with Gasteiger partial charge >= 0.3 is 6.09 Å². The van der Waals surface area contributed by atoms with Crippen molar-refractivity contribution in [2.45, 2.75) is 58.7 Å². The zero-order valence-corrected chi connectivity index (χ0v) is 21.8. The second-order valence-electron chi connectivity index (χ2n) is 9.30. The summed E-state index contributed by atoms with van der Waals surface area (Å²) in [6.45, 7) is 8.66. The Hall–Kier alpha value is -3.99. The van der Waals surface area contributed by atoms with Crippen molar-refractivity contribution in [3.05, 3.63) is 59.7 Å². The van der Waals surface area contributed by atoms with Crippen molar-refractivity contribution in [1.82, 2.24) is 10.2 Å². The Bertz CT molecular complexity index is 1080. The molecular weight excluding hydrogens is 458 g/mol. The van der Waals surface area contributed by atoms with Crippen LogP contribution in [0.4, 0.5) is 10.5 Å². The molecule has 36 heavy (non-hydrogen) atoms. The molecule has 2 unspecified atom stereocenters. The number of amides is 3. The van der Waals surface area contributed by atoms with Crippen LogP contribution in [0.1, 0.15) is 58.2 Å². The fourth-order valence-electron chi connectivity index (χ4n) is 3.48. The molecule has 0 aliphatic heterocycles. The van der Waals surface area contributed by atoms with Gasteiger partial charge in [-0.2, -0.15) is 0 Å². The molecule has 2 aromatic carbocycles. The SMILES string of the molecule is C#Cc1ccc(C(C(=O)Nc2ccc(OC)cc2)N(C(=O)CNC(=O)OC(C)(C)C)C(C)CC)cc1. The van der Waals surface area contributed by atoms with Crippen LogP contribution in [0.2, 0.25) is 0 Å². The first-order valence-electron chi connectivity index (χ1n) is 11.8. The molecule has 8 nitrogen and oxygen atoms in total. The second kappa shape index (κ2) is 12.6. The summed E-state index contributed by atoms with van der Waals surface area (Å²) in [4.78, 5) is 40.7. The summed E-state index contributed by atoms with van der Waals surface area (Å²) in [6.07, 6.45) is 5.37. The molecule has 0 saturated heterocycles. The Kier molecular flexibility index (Phi) is 9.92. The summed E-state index contributed by atoms with van der Waals surface area (Å²) in [6, 6.07) is 12.5. The average Bonchev–Trinajstić information content (AvgIpc) is 2.84. The van der Waals surface area contributed by atoms with Crippen LogP contribution in [0.3, 0.4) is 0 Å². The van der Waals surface area contributed by atoms with Crippen LogP contribution in [0.25, 0.3) is 0 Å². The molecule has 0 aromatic heterocycles. The predicted octanol–water partition coefficient (Wildman–Crippen LogP) is 4.51. The van der Waals surface area contributed by atoms with Crippen molar-refractivity contribution in [2.75, 3.05) is 19.0 Å². The molecule has 2 atom stereocenters. The number of hydrogen-bond acceptors (Lipinski definition) is 5. The van der Waals surface area contributed by atoms with Crippen LogP contribution in [0.15, 0.2) is 48.5 Å². The first-order chi connectivity index (χ1) is 17.0. The summed E-state index contributed by atoms with van der Waals surface area (Å²) >= 11 is 0. The second-order valence-corrected chi connectivity index (χ2v) is 9.30. The molecule has 0 bridgehead atoms. The van der Waals surface area contributed by atoms with Crippen LogP contribution in [0.5, 0.6) is 5.75 Å². The van der Waals surface area contributed by atoms with Gasteiger partial charge < -0.3 is 25.0 Å². The molecule has 0 saturated carbocycles. The van der Waals surface area contributed by atoms with E-state index in [0.717, 1.165) is 0 Å². The molecule has 2 aromatic rings. The van der Waals surface area contributed by atoms with Crippen molar-refractivity contribution in [1.29, 1.82) is 0 Å². The minimum atomic E-state index is -0.971. The lowest BCUT2D eigenvalue weighted by molar-refractivity contribution is -0.140. The number of methoxy groups -OCH3 is 1. The van der Waals surface area contributed by atoms with Crippen molar-refractivity contribution in [2.24, 2.45) is 0 Å². The lowest BCUT2D eigenvalue weighted by Crippen LogP contribution is -2.50. The maximum Gasteiger partial charge on any atom is 0.408 e. The van der Waals surface area contributed by atoms with Gasteiger partial charge in [0.15, 0.2) is 0 Å². The molecule has 0 fully saturated rings. The summed E-state index contributed by atoms with van der Waals surface area (Å²) in [7, 11) is 1.56. The van der Waals surface area contributed by atoms with Gasteiger partial charge in [0, 0.05) is 17.3 Å². The molecule has 2 N–H and O–H groups in total. The highest BCUT2D eigenvalue weighted by Crippen LogP contribution is 2.27. The zero-order chi connectivity index (χ0) is 26.9. The van der Waals surface area contributed by atoms with E-state index in [1.807, 2.05) is 13.8 Å². The molecule has 8 heteroatoms. The third kappa shape index (κ3) is 8.05. The number of nitrogens with zero attached hydrogens (tertiary/aromatic N) is 1. The molecular formula is C28H35N3O5. The topological polar surface area (TPSA) is 97.0 Å². The van der Waals surface area contributed by atoms with Gasteiger partial charge in [0.2, 0.25) is 5.91 Å². The Morgan fingerprint density at radius 2 is 1.67 bits per heavy atom. The Labute approximate surface area is 213 Å². The van der Waals surface area contributed by atoms with Crippen molar-refractivity contribution < 1.29 is 23.9 Å². The fourth-order valence-corrected chi connectivity index (χ4v) is 3.48. The van der Waals surface area contributed by atoms with Crippen LogP contribution in [-0.4, -0.2) is 48.1 Å². The van der Waals surface area contributed by atoms with Crippen LogP contribution in [0, 0.1) is 12.3 Å². The molecule has 2 rings (SSSR count). The minimum Gasteiger partial charge on any atom is -0.497 e. The van der Waals surface area contributed by atoms with E-state index in [-0.39, 0.29) is 12.6 Å². The molecule has 0 aliphatic rings. The fraction of sp³-hybridized carbons (Fsp3) is 0.393. The van der Waals surface area contributed by atoms with Crippen molar-refractivity contribution in [3.8, 4) is 18.1 Å². The lowest BCUT2D eigenvalue weighted by atomic mass is 9.99. The summed E-state index contributed by atoms with van der Waals surface area (Å²) in [5, 5.41) is 5.39. The van der Waals surface area contributed by atoms with Crippen LogP contribution in [-0.2, 0) is 14.3 Å². The summed E-state index contributed by atoms with van der Waals surface area (Å²) in [5.74, 6) is 2.38. The number of hydrogen-bond donors (Lipinski definition) is 2. The van der Waals surface area contributed by atoms with E-state index in [9.17, 15) is 14.4 Å². The van der Waals surface area contributed by atoms with Gasteiger partial charge in [-0.3, -0.25) is 9.59 Å². The molecule has 0 heterocycles. The van der Waals surface area contributed by atoms with Gasteiger partial charge in [0.05, 0.1) is 7.11 Å². The number of rotatable bonds is 9. The number of carbonyl (C=O) groups excluding carboxylic acids is 3. The predicted molar refractivity (Wildman–Crippen MR) is 140 cm³/mol. The highest BCUT2D eigenvalue weighted by molar-refractivity contribution is 5.98. The van der Waals surface area contributed by atoms with Gasteiger partial charge in [0.1, 0.15) is 23.9 Å². The van der Waals surface area contributed by atoms with Gasteiger partial charge in [-0.15, -0.1) is 6.42 Å². The van der Waals surface area contributed by atoms with Crippen molar-refractivity contribution >= 4 is 23.6 Å². The van der Waals surface area contributed by atoms with E-state index in [0.29, 0.717) is 29.0 Å². The number of carbonyl (C=O) groups is 3. The molecule has 0 radical (unpaired) electrons. The third-order valence-electron chi connectivity index (χ3n) is 5.41. The highest BCUT2D eigenvalue weighted by atomic mass is 16.6. The van der Waals surface area contributed by atoms with E-state index in [4.69, 9.17) is 15.9 Å². The smallest absolute Gasteiger partial charge is 0.408 e. The monoisotopic (exact) mass is 493 g/mol. The number of alkyl carbamates (subject to hydrolysis) is 1. The Morgan fingerprint density at radius 1 is 1.06 bits per heavy atom. The van der Waals surface area contributed by atoms with Crippen molar-refractivity contribution in [3.63, 3.8) is 0 Å². The van der Waals surface area contributed by atoms with Gasteiger partial charge in [-0.25, -0.2) is 4.79 Å². The van der Waals surface area contributed by atoms with Crippen LogP contribution >= 0.6 is 0 Å². The first-order valence-corrected chi connectivity index (χ1v) is 11.8. The maximum absolute atomic E-state index is 13.6. The van der Waals surface area contributed by atoms with E-state index in [1.165, 1.54) is 4.90 Å². The number of ether oxygens (including phenoxy) is 2. The number of nitrogens with one attached hydrogen (secondary N) is 2. The largest absolute Gasteiger partial charge is 0.497 e. The molecule has 192 valence electrons. The van der Waals surface area contributed by atoms with Gasteiger partial charge in [0.25, 0.3) is 5.91 Å². The Morgan fingerprint density at radius 3 is 2.17 bits per heavy atom. The molecule has 3 amide bonds. The summed E-state index contributed by atoms with van der Waals surface area (Å²) in [5.41, 5.74) is 1.09. The number of benzene rings is 2. The highest BCUT2D eigenvalue weighted by Gasteiger charge is 2.34. The lowest BCUT2D eigenvalue weighted by Gasteiger charge is -2.36. The maximum atomic E-state index is 13.6. The standard InChI is InChI=1S/C28H35N3O5/c1-8-19(3)31(24(32)18-29-27(34)36-28(4,5)6)25(21-12-10-20(9-2)11-13-21)26(33)30-22-14-16-23(35-7)17-15-22/h2,10-17,19,25H,8,18H2,1,3-7H3,(H,29,34)(H,30,33). The van der Waals surface area contributed by atoms with Gasteiger partial charge in [-0.1, -0.05) is 25.0 Å². The Balaban J connectivity index is 2.39. The third-order valence-corrected chi connectivity index (χ3v) is 5.41. The van der Waals surface area contributed by atoms with E-state index in [1.54, 1.807) is 76.4 Å². The van der Waals surface area contributed by atoms with E-state index < -0.39 is 29.6 Å². The molecule has 0 spiro atoms. The molecule has 0 aliphatic carbocycles.